The van der Waals surface area contributed by atoms with Crippen LogP contribution in [0.2, 0.25) is 0 Å². The molecule has 2 aliphatic heterocycles. The summed E-state index contributed by atoms with van der Waals surface area (Å²) in [5.41, 5.74) is -1.90. The Hall–Kier alpha value is -1.03. The average Bonchev–Trinajstić information content (AvgIpc) is 2.61. The monoisotopic (exact) mass is 430 g/mol. The van der Waals surface area contributed by atoms with Gasteiger partial charge in [-0.1, -0.05) is 0 Å². The Morgan fingerprint density at radius 3 is 2.64 bits per heavy atom. The van der Waals surface area contributed by atoms with E-state index in [4.69, 9.17) is 4.74 Å². The third-order valence-corrected chi connectivity index (χ3v) is 8.51. The number of carbonyl (C=O) groups is 1. The van der Waals surface area contributed by atoms with Gasteiger partial charge in [-0.05, 0) is 57.3 Å². The lowest BCUT2D eigenvalue weighted by molar-refractivity contribution is -0.119. The molecule has 2 fully saturated rings. The minimum Gasteiger partial charge on any atom is -0.444 e. The minimum absolute atomic E-state index is 0.0950. The number of aromatic nitrogens is 1. The van der Waals surface area contributed by atoms with Crippen LogP contribution in [0.5, 0.6) is 0 Å². The summed E-state index contributed by atoms with van der Waals surface area (Å²) in [5.74, 6) is 1.05. The second-order valence-electron chi connectivity index (χ2n) is 8.14. The standard InChI is InChI=1S/C19H27FN2O4S2/c1-17(2,3)26-16(24)22-9-7-18(25,12-14(22)23)19(27-10-5-11-28-19)15-13(20)6-4-8-21-15/h4,6,8,14,23,25H,5,7,9-12H2,1-3H3. The summed E-state index contributed by atoms with van der Waals surface area (Å²) in [6, 6.07) is 2.87. The highest BCUT2D eigenvalue weighted by molar-refractivity contribution is 8.18. The molecule has 2 saturated heterocycles. The zero-order chi connectivity index (χ0) is 20.6. The van der Waals surface area contributed by atoms with Crippen LogP contribution in [-0.4, -0.2) is 61.7 Å². The number of aliphatic hydroxyl groups excluding tert-OH is 1. The first-order valence-electron chi connectivity index (χ1n) is 9.37. The topological polar surface area (TPSA) is 82.9 Å². The molecule has 2 N–H and O–H groups in total. The van der Waals surface area contributed by atoms with Crippen LogP contribution in [0.3, 0.4) is 0 Å². The number of carbonyl (C=O) groups excluding carboxylic acids is 1. The molecular weight excluding hydrogens is 403 g/mol. The van der Waals surface area contributed by atoms with Crippen LogP contribution in [0.15, 0.2) is 18.3 Å². The van der Waals surface area contributed by atoms with E-state index in [1.165, 1.54) is 46.8 Å². The van der Waals surface area contributed by atoms with Crippen LogP contribution in [0, 0.1) is 5.82 Å². The number of aliphatic hydroxyl groups is 2. The summed E-state index contributed by atoms with van der Waals surface area (Å²) in [6.07, 6.45) is 0.728. The molecule has 3 rings (SSSR count). The van der Waals surface area contributed by atoms with Crippen LogP contribution in [0.25, 0.3) is 0 Å². The number of ether oxygens (including phenoxy) is 1. The number of likely N-dealkylation sites (tertiary alicyclic amines) is 1. The number of pyridine rings is 1. The van der Waals surface area contributed by atoms with Crippen LogP contribution in [0.1, 0.15) is 45.7 Å². The molecule has 0 spiro atoms. The summed E-state index contributed by atoms with van der Waals surface area (Å²) in [7, 11) is 0. The summed E-state index contributed by atoms with van der Waals surface area (Å²) in [4.78, 5) is 17.9. The van der Waals surface area contributed by atoms with Crippen LogP contribution in [0.4, 0.5) is 9.18 Å². The Morgan fingerprint density at radius 1 is 1.39 bits per heavy atom. The van der Waals surface area contributed by atoms with Crippen molar-refractivity contribution < 1.29 is 24.1 Å². The fraction of sp³-hybridized carbons (Fsp3) is 0.684. The molecule has 0 saturated carbocycles. The van der Waals surface area contributed by atoms with Gasteiger partial charge >= 0.3 is 6.09 Å². The van der Waals surface area contributed by atoms with Gasteiger partial charge in [-0.2, -0.15) is 0 Å². The SMILES string of the molecule is CC(C)(C)OC(=O)N1CCC(O)(C2(c3ncccc3F)SCCCS2)CC1O. The van der Waals surface area contributed by atoms with Crippen LogP contribution >= 0.6 is 23.5 Å². The third-order valence-electron chi connectivity index (χ3n) is 4.86. The Labute approximate surface area is 173 Å². The van der Waals surface area contributed by atoms with Gasteiger partial charge in [0.25, 0.3) is 0 Å². The van der Waals surface area contributed by atoms with E-state index in [9.17, 15) is 19.4 Å². The highest BCUT2D eigenvalue weighted by atomic mass is 32.2. The number of thioether (sulfide) groups is 2. The lowest BCUT2D eigenvalue weighted by atomic mass is 9.84. The summed E-state index contributed by atoms with van der Waals surface area (Å²) < 4.78 is 19.0. The summed E-state index contributed by atoms with van der Waals surface area (Å²) in [6.45, 7) is 5.38. The maximum Gasteiger partial charge on any atom is 0.412 e. The first kappa shape index (κ1) is 21.7. The van der Waals surface area contributed by atoms with Gasteiger partial charge in [-0.3, -0.25) is 9.88 Å². The van der Waals surface area contributed by atoms with Crippen molar-refractivity contribution in [3.05, 3.63) is 29.8 Å². The van der Waals surface area contributed by atoms with Crippen LogP contribution in [-0.2, 0) is 8.82 Å². The van der Waals surface area contributed by atoms with Gasteiger partial charge in [-0.15, -0.1) is 23.5 Å². The average molecular weight is 431 g/mol. The lowest BCUT2D eigenvalue weighted by Crippen LogP contribution is -2.60. The van der Waals surface area contributed by atoms with Gasteiger partial charge in [0.2, 0.25) is 0 Å². The van der Waals surface area contributed by atoms with Gasteiger partial charge < -0.3 is 14.9 Å². The molecule has 0 bridgehead atoms. The van der Waals surface area contributed by atoms with Crippen molar-refractivity contribution in [2.75, 3.05) is 18.1 Å². The number of rotatable bonds is 2. The number of hydrogen-bond acceptors (Lipinski definition) is 7. The van der Waals surface area contributed by atoms with Crippen molar-refractivity contribution >= 4 is 29.6 Å². The quantitative estimate of drug-likeness (QED) is 0.745. The van der Waals surface area contributed by atoms with Crippen molar-refractivity contribution in [3.8, 4) is 0 Å². The summed E-state index contributed by atoms with van der Waals surface area (Å²) in [5, 5.41) is 22.3. The van der Waals surface area contributed by atoms with E-state index in [2.05, 4.69) is 4.98 Å². The van der Waals surface area contributed by atoms with Crippen molar-refractivity contribution in [2.24, 2.45) is 0 Å². The number of halogens is 1. The van der Waals surface area contributed by atoms with Gasteiger partial charge in [0.05, 0.1) is 0 Å². The van der Waals surface area contributed by atoms with E-state index in [1.54, 1.807) is 20.8 Å². The first-order chi connectivity index (χ1) is 13.1. The largest absolute Gasteiger partial charge is 0.444 e. The zero-order valence-electron chi connectivity index (χ0n) is 16.4. The Morgan fingerprint density at radius 2 is 2.07 bits per heavy atom. The Balaban J connectivity index is 1.89. The molecule has 2 atom stereocenters. The normalized spacial score (nSPS) is 28.1. The third kappa shape index (κ3) is 4.13. The van der Waals surface area contributed by atoms with E-state index >= 15 is 0 Å². The zero-order valence-corrected chi connectivity index (χ0v) is 18.0. The molecule has 9 heteroatoms. The molecular formula is C19H27FN2O4S2. The molecule has 6 nitrogen and oxygen atoms in total. The second-order valence-corrected chi connectivity index (χ2v) is 11.0. The Kier molecular flexibility index (Phi) is 6.20. The van der Waals surface area contributed by atoms with Gasteiger partial charge in [-0.25, -0.2) is 9.18 Å². The predicted molar refractivity (Wildman–Crippen MR) is 109 cm³/mol. The second kappa shape index (κ2) is 8.01. The fourth-order valence-electron chi connectivity index (χ4n) is 3.59. The molecule has 2 unspecified atom stereocenters. The smallest absolute Gasteiger partial charge is 0.412 e. The highest BCUT2D eigenvalue weighted by Crippen LogP contribution is 2.60. The first-order valence-corrected chi connectivity index (χ1v) is 11.3. The predicted octanol–water partition coefficient (Wildman–Crippen LogP) is 3.32. The van der Waals surface area contributed by atoms with E-state index in [0.29, 0.717) is 0 Å². The van der Waals surface area contributed by atoms with Crippen molar-refractivity contribution in [1.29, 1.82) is 0 Å². The summed E-state index contributed by atoms with van der Waals surface area (Å²) >= 11 is 2.94. The molecule has 1 amide bonds. The molecule has 0 radical (unpaired) electrons. The molecule has 0 aromatic carbocycles. The van der Waals surface area contributed by atoms with Crippen molar-refractivity contribution in [3.63, 3.8) is 0 Å². The van der Waals surface area contributed by atoms with Crippen molar-refractivity contribution in [2.45, 2.75) is 61.5 Å². The molecule has 1 aromatic heterocycles. The Bertz CT molecular complexity index is 724. The van der Waals surface area contributed by atoms with E-state index < -0.39 is 33.4 Å². The molecule has 1 aromatic rings. The highest BCUT2D eigenvalue weighted by Gasteiger charge is 2.58. The molecule has 2 aliphatic rings. The molecule has 0 aliphatic carbocycles. The van der Waals surface area contributed by atoms with Crippen LogP contribution < -0.4 is 0 Å². The maximum atomic E-state index is 14.7. The minimum atomic E-state index is -1.42. The number of piperidine rings is 1. The number of nitrogens with zero attached hydrogens (tertiary/aromatic N) is 2. The van der Waals surface area contributed by atoms with E-state index in [-0.39, 0.29) is 25.1 Å². The lowest BCUT2D eigenvalue weighted by Gasteiger charge is -2.52. The van der Waals surface area contributed by atoms with Crippen molar-refractivity contribution in [1.82, 2.24) is 9.88 Å². The van der Waals surface area contributed by atoms with Gasteiger partial charge in [0.15, 0.2) is 0 Å². The molecule has 3 heterocycles. The maximum absolute atomic E-state index is 14.7. The molecule has 156 valence electrons. The fourth-order valence-corrected chi connectivity index (χ4v) is 7.24. The van der Waals surface area contributed by atoms with E-state index in [0.717, 1.165) is 17.9 Å². The molecule has 28 heavy (non-hydrogen) atoms. The number of amides is 1. The van der Waals surface area contributed by atoms with E-state index in [1.807, 2.05) is 0 Å². The number of hydrogen-bond donors (Lipinski definition) is 2. The van der Waals surface area contributed by atoms with Gasteiger partial charge in [0, 0.05) is 19.2 Å². The van der Waals surface area contributed by atoms with Gasteiger partial charge in [0.1, 0.15) is 33.0 Å².